The minimum atomic E-state index is -0.431. The van der Waals surface area contributed by atoms with E-state index in [0.717, 1.165) is 4.88 Å². The molecule has 2 amide bonds. The summed E-state index contributed by atoms with van der Waals surface area (Å²) in [6, 6.07) is 8.58. The fraction of sp³-hybridized carbons (Fsp3) is 0.300. The molecule has 0 spiro atoms. The van der Waals surface area contributed by atoms with Gasteiger partial charge in [0.1, 0.15) is 5.70 Å². The van der Waals surface area contributed by atoms with Crippen molar-refractivity contribution in [3.63, 3.8) is 0 Å². The van der Waals surface area contributed by atoms with Crippen LogP contribution in [0.1, 0.15) is 36.0 Å². The molecule has 0 atom stereocenters. The smallest absolute Gasteiger partial charge is 0.268 e. The lowest BCUT2D eigenvalue weighted by atomic mass is 10.1. The molecule has 7 heteroatoms. The predicted octanol–water partition coefficient (Wildman–Crippen LogP) is 3.45. The predicted molar refractivity (Wildman–Crippen MR) is 107 cm³/mol. The number of thiophene rings is 1. The summed E-state index contributed by atoms with van der Waals surface area (Å²) in [6.45, 7) is 5.64. The topological polar surface area (TPSA) is 76.7 Å². The van der Waals surface area contributed by atoms with Crippen LogP contribution in [0, 0.1) is 0 Å². The van der Waals surface area contributed by atoms with Gasteiger partial charge in [-0.25, -0.2) is 0 Å². The highest BCUT2D eigenvalue weighted by Gasteiger charge is 2.20. The summed E-state index contributed by atoms with van der Waals surface area (Å²) in [5.74, 6) is 0.189. The monoisotopic (exact) mass is 388 g/mol. The van der Waals surface area contributed by atoms with Gasteiger partial charge >= 0.3 is 0 Å². The average molecular weight is 388 g/mol. The first-order chi connectivity index (χ1) is 12.7. The van der Waals surface area contributed by atoms with Gasteiger partial charge in [-0.2, -0.15) is 0 Å². The zero-order valence-corrected chi connectivity index (χ0v) is 16.9. The zero-order valence-electron chi connectivity index (χ0n) is 16.1. The van der Waals surface area contributed by atoms with E-state index >= 15 is 0 Å². The molecular weight excluding hydrogens is 364 g/mol. The van der Waals surface area contributed by atoms with E-state index in [1.807, 2.05) is 38.3 Å². The van der Waals surface area contributed by atoms with Crippen LogP contribution in [0.5, 0.6) is 11.5 Å². The molecule has 0 saturated heterocycles. The summed E-state index contributed by atoms with van der Waals surface area (Å²) in [7, 11) is 3.02. The van der Waals surface area contributed by atoms with Crippen molar-refractivity contribution >= 4 is 29.2 Å². The van der Waals surface area contributed by atoms with Crippen LogP contribution in [0.3, 0.4) is 0 Å². The van der Waals surface area contributed by atoms with E-state index in [2.05, 4.69) is 10.6 Å². The van der Waals surface area contributed by atoms with Crippen LogP contribution < -0.4 is 20.1 Å². The van der Waals surface area contributed by atoms with E-state index in [4.69, 9.17) is 9.47 Å². The number of nitrogens with one attached hydrogen (secondary N) is 2. The highest BCUT2D eigenvalue weighted by molar-refractivity contribution is 7.10. The fourth-order valence-electron chi connectivity index (χ4n) is 2.25. The third-order valence-electron chi connectivity index (χ3n) is 3.46. The lowest BCUT2D eigenvalue weighted by molar-refractivity contribution is -0.119. The van der Waals surface area contributed by atoms with Crippen molar-refractivity contribution in [2.45, 2.75) is 26.3 Å². The lowest BCUT2D eigenvalue weighted by Gasteiger charge is -2.22. The van der Waals surface area contributed by atoms with Crippen molar-refractivity contribution in [2.24, 2.45) is 0 Å². The van der Waals surface area contributed by atoms with Crippen LogP contribution in [0.15, 0.2) is 41.4 Å². The maximum atomic E-state index is 12.7. The van der Waals surface area contributed by atoms with Gasteiger partial charge in [-0.15, -0.1) is 11.3 Å². The molecule has 0 unspecified atom stereocenters. The third kappa shape index (κ3) is 5.86. The maximum absolute atomic E-state index is 12.7. The Kier molecular flexibility index (Phi) is 6.63. The van der Waals surface area contributed by atoms with Crippen molar-refractivity contribution in [1.29, 1.82) is 0 Å². The first kappa shape index (κ1) is 20.5. The summed E-state index contributed by atoms with van der Waals surface area (Å²) >= 11 is 1.48. The Morgan fingerprint density at radius 3 is 2.33 bits per heavy atom. The van der Waals surface area contributed by atoms with Crippen molar-refractivity contribution in [1.82, 2.24) is 10.6 Å². The molecule has 0 radical (unpaired) electrons. The van der Waals surface area contributed by atoms with Gasteiger partial charge < -0.3 is 20.1 Å². The highest BCUT2D eigenvalue weighted by Crippen LogP contribution is 2.27. The number of ether oxygens (including phenoxy) is 2. The van der Waals surface area contributed by atoms with E-state index < -0.39 is 11.4 Å². The second-order valence-corrected chi connectivity index (χ2v) is 7.78. The molecule has 2 N–H and O–H groups in total. The molecule has 1 heterocycles. The standard InChI is InChI=1S/C20H24N2O4S/c1-20(2,3)22-19(24)15(12-14-7-6-10-27-14)21-18(23)13-8-9-16(25-4)17(11-13)26-5/h6-12H,1-5H3,(H,21,23)(H,22,24)/b15-12+. The number of benzene rings is 1. The molecule has 144 valence electrons. The highest BCUT2D eigenvalue weighted by atomic mass is 32.1. The van der Waals surface area contributed by atoms with Gasteiger partial charge in [-0.3, -0.25) is 9.59 Å². The number of hydrogen-bond donors (Lipinski definition) is 2. The van der Waals surface area contributed by atoms with Crippen LogP contribution in [0.4, 0.5) is 0 Å². The fourth-order valence-corrected chi connectivity index (χ4v) is 2.91. The van der Waals surface area contributed by atoms with Crippen LogP contribution in [-0.2, 0) is 4.79 Å². The largest absolute Gasteiger partial charge is 0.493 e. The Morgan fingerprint density at radius 1 is 1.07 bits per heavy atom. The quantitative estimate of drug-likeness (QED) is 0.743. The average Bonchev–Trinajstić information content (AvgIpc) is 3.12. The molecule has 0 aliphatic heterocycles. The number of carbonyl (C=O) groups is 2. The Labute approximate surface area is 163 Å². The second-order valence-electron chi connectivity index (χ2n) is 6.80. The molecule has 0 fully saturated rings. The number of amides is 2. The van der Waals surface area contributed by atoms with Gasteiger partial charge in [0, 0.05) is 16.0 Å². The first-order valence-corrected chi connectivity index (χ1v) is 9.22. The van der Waals surface area contributed by atoms with E-state index in [9.17, 15) is 9.59 Å². The van der Waals surface area contributed by atoms with Gasteiger partial charge in [0.05, 0.1) is 14.2 Å². The first-order valence-electron chi connectivity index (χ1n) is 8.34. The Balaban J connectivity index is 2.29. The summed E-state index contributed by atoms with van der Waals surface area (Å²) in [5, 5.41) is 7.47. The number of carbonyl (C=O) groups excluding carboxylic acids is 2. The Morgan fingerprint density at radius 2 is 1.78 bits per heavy atom. The molecule has 0 aliphatic carbocycles. The van der Waals surface area contributed by atoms with E-state index in [0.29, 0.717) is 17.1 Å². The number of methoxy groups -OCH3 is 2. The SMILES string of the molecule is COc1ccc(C(=O)N/C(=C/c2cccs2)C(=O)NC(C)(C)C)cc1OC. The minimum Gasteiger partial charge on any atom is -0.493 e. The molecule has 2 aromatic rings. The van der Waals surface area contributed by atoms with Crippen molar-refractivity contribution in [3.05, 3.63) is 51.8 Å². The summed E-state index contributed by atoms with van der Waals surface area (Å²) in [6.07, 6.45) is 1.66. The van der Waals surface area contributed by atoms with Crippen molar-refractivity contribution in [3.8, 4) is 11.5 Å². The molecule has 6 nitrogen and oxygen atoms in total. The molecule has 1 aromatic heterocycles. The second kappa shape index (κ2) is 8.73. The molecule has 0 aliphatic rings. The van der Waals surface area contributed by atoms with Gasteiger partial charge in [-0.1, -0.05) is 6.07 Å². The van der Waals surface area contributed by atoms with Crippen LogP contribution in [0.25, 0.3) is 6.08 Å². The molecule has 0 bridgehead atoms. The van der Waals surface area contributed by atoms with Gasteiger partial charge in [0.15, 0.2) is 11.5 Å². The van der Waals surface area contributed by atoms with E-state index in [1.54, 1.807) is 24.3 Å². The number of rotatable bonds is 6. The molecule has 0 saturated carbocycles. The van der Waals surface area contributed by atoms with Crippen LogP contribution in [0.2, 0.25) is 0 Å². The number of hydrogen-bond acceptors (Lipinski definition) is 5. The Hall–Kier alpha value is -2.80. The van der Waals surface area contributed by atoms with Crippen LogP contribution in [-0.4, -0.2) is 31.6 Å². The van der Waals surface area contributed by atoms with Gasteiger partial charge in [0.25, 0.3) is 11.8 Å². The van der Waals surface area contributed by atoms with E-state index in [-0.39, 0.29) is 11.6 Å². The molecule has 1 aromatic carbocycles. The normalized spacial score (nSPS) is 11.7. The third-order valence-corrected chi connectivity index (χ3v) is 4.28. The van der Waals surface area contributed by atoms with Crippen molar-refractivity contribution in [2.75, 3.05) is 14.2 Å². The summed E-state index contributed by atoms with van der Waals surface area (Å²) < 4.78 is 10.4. The van der Waals surface area contributed by atoms with Gasteiger partial charge in [0.2, 0.25) is 0 Å². The molecule has 27 heavy (non-hydrogen) atoms. The van der Waals surface area contributed by atoms with Gasteiger partial charge in [-0.05, 0) is 56.5 Å². The molecule has 2 rings (SSSR count). The summed E-state index contributed by atoms with van der Waals surface area (Å²) in [4.78, 5) is 26.2. The minimum absolute atomic E-state index is 0.173. The van der Waals surface area contributed by atoms with Crippen molar-refractivity contribution < 1.29 is 19.1 Å². The molecular formula is C20H24N2O4S. The Bertz CT molecular complexity index is 836. The lowest BCUT2D eigenvalue weighted by Crippen LogP contribution is -2.44. The summed E-state index contributed by atoms with van der Waals surface area (Å²) in [5.41, 5.74) is 0.0973. The van der Waals surface area contributed by atoms with E-state index in [1.165, 1.54) is 25.6 Å². The zero-order chi connectivity index (χ0) is 20.0. The maximum Gasteiger partial charge on any atom is 0.268 e. The van der Waals surface area contributed by atoms with Crippen LogP contribution >= 0.6 is 11.3 Å².